The fourth-order valence-corrected chi connectivity index (χ4v) is 5.27. The van der Waals surface area contributed by atoms with Crippen LogP contribution >= 0.6 is 0 Å². The van der Waals surface area contributed by atoms with Crippen LogP contribution in [0.1, 0.15) is 33.6 Å². The normalized spacial score (nSPS) is 11.5. The molecule has 0 atom stereocenters. The fraction of sp³-hybridized carbons (Fsp3) is 0.105. The number of hydrogen-bond donors (Lipinski definition) is 0. The predicted molar refractivity (Wildman–Crippen MR) is 180 cm³/mol. The number of hydrogen-bond acceptors (Lipinski definition) is 6. The Hall–Kier alpha value is -5.62. The monoisotopic (exact) mass is 572 g/mol. The van der Waals surface area contributed by atoms with Crippen LogP contribution in [-0.2, 0) is 0 Å². The van der Waals surface area contributed by atoms with Crippen molar-refractivity contribution in [3.63, 3.8) is 0 Å². The van der Waals surface area contributed by atoms with Gasteiger partial charge in [-0.15, -0.1) is 0 Å². The molecule has 4 aromatic heterocycles. The molecule has 6 heteroatoms. The summed E-state index contributed by atoms with van der Waals surface area (Å²) >= 11 is 0. The van der Waals surface area contributed by atoms with Gasteiger partial charge in [-0.3, -0.25) is 20.0 Å². The van der Waals surface area contributed by atoms with Gasteiger partial charge in [0.15, 0.2) is 0 Å². The highest BCUT2D eigenvalue weighted by molar-refractivity contribution is 5.84. The van der Waals surface area contributed by atoms with Gasteiger partial charge in [-0.05, 0) is 134 Å². The first-order valence-electron chi connectivity index (χ1n) is 14.5. The minimum atomic E-state index is 0.789. The average molecular weight is 573 g/mol. The maximum absolute atomic E-state index is 4.84. The second kappa shape index (κ2) is 12.7. The van der Waals surface area contributed by atoms with Crippen LogP contribution in [0, 0.1) is 27.7 Å². The fourth-order valence-electron chi connectivity index (χ4n) is 5.27. The molecule has 6 aromatic rings. The van der Waals surface area contributed by atoms with E-state index in [2.05, 4.69) is 61.9 Å². The number of nitrogens with zero attached hydrogens (tertiary/aromatic N) is 6. The molecule has 44 heavy (non-hydrogen) atoms. The van der Waals surface area contributed by atoms with E-state index in [0.717, 1.165) is 78.9 Å². The Balaban J connectivity index is 1.23. The van der Waals surface area contributed by atoms with Crippen molar-refractivity contribution in [2.24, 2.45) is 9.98 Å². The zero-order chi connectivity index (χ0) is 30.5. The summed E-state index contributed by atoms with van der Waals surface area (Å²) in [5, 5.41) is 0. The summed E-state index contributed by atoms with van der Waals surface area (Å²) in [4.78, 5) is 28.0. The Morgan fingerprint density at radius 3 is 1.20 bits per heavy atom. The molecular formula is C38H32N6. The van der Waals surface area contributed by atoms with Gasteiger partial charge in [0.05, 0.1) is 58.0 Å². The van der Waals surface area contributed by atoms with Crippen molar-refractivity contribution in [1.29, 1.82) is 0 Å². The van der Waals surface area contributed by atoms with E-state index < -0.39 is 0 Å². The van der Waals surface area contributed by atoms with E-state index in [1.165, 1.54) is 0 Å². The molecule has 0 spiro atoms. The van der Waals surface area contributed by atoms with E-state index in [9.17, 15) is 0 Å². The van der Waals surface area contributed by atoms with Gasteiger partial charge < -0.3 is 0 Å². The number of aromatic nitrogens is 4. The molecule has 2 aromatic carbocycles. The highest BCUT2D eigenvalue weighted by Gasteiger charge is 2.10. The lowest BCUT2D eigenvalue weighted by Gasteiger charge is -2.13. The standard InChI is InChI=1S/C38H32N6/c1-25-19-29(20-26(2)37(25)41-23-31-11-9-15-35(43-31)33-13-5-7-17-39-33)30-21-27(3)38(28(4)22-30)42-24-32-12-10-16-36(44-32)34-14-6-8-18-40-34/h5-24H,1-4H3. The lowest BCUT2D eigenvalue weighted by Crippen LogP contribution is -1.93. The SMILES string of the molecule is Cc1cc(-c2cc(C)c(N=Cc3cccc(-c4ccccn4)n3)c(C)c2)cc(C)c1N=Cc1cccc(-c2ccccn2)n1. The second-order valence-corrected chi connectivity index (χ2v) is 10.8. The summed E-state index contributed by atoms with van der Waals surface area (Å²) in [6, 6.07) is 32.2. The smallest absolute Gasteiger partial charge is 0.0894 e. The maximum Gasteiger partial charge on any atom is 0.0894 e. The largest absolute Gasteiger partial charge is 0.255 e. The second-order valence-electron chi connectivity index (χ2n) is 10.8. The molecule has 0 radical (unpaired) electrons. The molecule has 214 valence electrons. The first-order valence-corrected chi connectivity index (χ1v) is 14.5. The van der Waals surface area contributed by atoms with Gasteiger partial charge in [-0.1, -0.05) is 24.3 Å². The number of rotatable bonds is 7. The minimum Gasteiger partial charge on any atom is -0.255 e. The Labute approximate surface area is 258 Å². The average Bonchev–Trinajstić information content (AvgIpc) is 3.05. The lowest BCUT2D eigenvalue weighted by atomic mass is 9.95. The number of benzene rings is 2. The van der Waals surface area contributed by atoms with E-state index >= 15 is 0 Å². The number of aliphatic imine (C=N–C) groups is 2. The third kappa shape index (κ3) is 6.40. The summed E-state index contributed by atoms with van der Waals surface area (Å²) < 4.78 is 0. The molecule has 0 bridgehead atoms. The first-order chi connectivity index (χ1) is 21.4. The maximum atomic E-state index is 4.84. The van der Waals surface area contributed by atoms with E-state index in [-0.39, 0.29) is 0 Å². The van der Waals surface area contributed by atoms with E-state index in [1.54, 1.807) is 12.4 Å². The molecule has 0 amide bonds. The van der Waals surface area contributed by atoms with Crippen LogP contribution < -0.4 is 0 Å². The van der Waals surface area contributed by atoms with Gasteiger partial charge >= 0.3 is 0 Å². The van der Waals surface area contributed by atoms with Gasteiger partial charge in [-0.25, -0.2) is 9.97 Å². The highest BCUT2D eigenvalue weighted by Crippen LogP contribution is 2.34. The van der Waals surface area contributed by atoms with Crippen molar-refractivity contribution < 1.29 is 0 Å². The van der Waals surface area contributed by atoms with Crippen LogP contribution in [0.2, 0.25) is 0 Å². The van der Waals surface area contributed by atoms with Crippen LogP contribution in [0.15, 0.2) is 119 Å². The molecule has 0 aliphatic rings. The Morgan fingerprint density at radius 1 is 0.455 bits per heavy atom. The van der Waals surface area contributed by atoms with Gasteiger partial charge in [0.25, 0.3) is 0 Å². The third-order valence-corrected chi connectivity index (χ3v) is 7.36. The molecule has 0 saturated heterocycles. The molecule has 0 N–H and O–H groups in total. The summed E-state index contributed by atoms with van der Waals surface area (Å²) in [7, 11) is 0. The molecule has 6 nitrogen and oxygen atoms in total. The van der Waals surface area contributed by atoms with Crippen LogP contribution in [0.5, 0.6) is 0 Å². The molecule has 4 heterocycles. The summed E-state index contributed by atoms with van der Waals surface area (Å²) in [6.45, 7) is 8.41. The van der Waals surface area contributed by atoms with Crippen molar-refractivity contribution in [3.8, 4) is 33.9 Å². The van der Waals surface area contributed by atoms with Gasteiger partial charge in [-0.2, -0.15) is 0 Å². The zero-order valence-electron chi connectivity index (χ0n) is 25.2. The number of aryl methyl sites for hydroxylation is 4. The molecule has 0 aliphatic heterocycles. The van der Waals surface area contributed by atoms with Crippen LogP contribution in [-0.4, -0.2) is 32.4 Å². The van der Waals surface area contributed by atoms with E-state index in [1.807, 2.05) is 85.2 Å². The van der Waals surface area contributed by atoms with Crippen LogP contribution in [0.25, 0.3) is 33.9 Å². The summed E-state index contributed by atoms with van der Waals surface area (Å²) in [5.41, 5.74) is 13.5. The minimum absolute atomic E-state index is 0.789. The van der Waals surface area contributed by atoms with Crippen LogP contribution in [0.3, 0.4) is 0 Å². The van der Waals surface area contributed by atoms with Crippen molar-refractivity contribution in [2.45, 2.75) is 27.7 Å². The summed E-state index contributed by atoms with van der Waals surface area (Å²) in [5.74, 6) is 0. The molecule has 6 rings (SSSR count). The Bertz CT molecular complexity index is 1800. The Kier molecular flexibility index (Phi) is 8.23. The number of pyridine rings is 4. The van der Waals surface area contributed by atoms with Gasteiger partial charge in [0.1, 0.15) is 0 Å². The predicted octanol–water partition coefficient (Wildman–Crippen LogP) is 9.00. The van der Waals surface area contributed by atoms with Gasteiger partial charge in [0, 0.05) is 12.4 Å². The molecule has 0 aliphatic carbocycles. The van der Waals surface area contributed by atoms with Crippen molar-refractivity contribution in [3.05, 3.63) is 143 Å². The van der Waals surface area contributed by atoms with Crippen molar-refractivity contribution >= 4 is 23.8 Å². The summed E-state index contributed by atoms with van der Waals surface area (Å²) in [6.07, 6.45) is 7.20. The van der Waals surface area contributed by atoms with E-state index in [0.29, 0.717) is 0 Å². The van der Waals surface area contributed by atoms with Crippen molar-refractivity contribution in [2.75, 3.05) is 0 Å². The van der Waals surface area contributed by atoms with Crippen molar-refractivity contribution in [1.82, 2.24) is 19.9 Å². The quantitative estimate of drug-likeness (QED) is 0.179. The first kappa shape index (κ1) is 28.5. The molecule has 0 fully saturated rings. The zero-order valence-corrected chi connectivity index (χ0v) is 25.2. The molecule has 0 saturated carbocycles. The lowest BCUT2D eigenvalue weighted by molar-refractivity contribution is 1.23. The highest BCUT2D eigenvalue weighted by atomic mass is 14.8. The van der Waals surface area contributed by atoms with Crippen LogP contribution in [0.4, 0.5) is 11.4 Å². The topological polar surface area (TPSA) is 76.3 Å². The molecular weight excluding hydrogens is 540 g/mol. The Morgan fingerprint density at radius 2 is 0.841 bits per heavy atom. The van der Waals surface area contributed by atoms with Gasteiger partial charge in [0.2, 0.25) is 0 Å². The van der Waals surface area contributed by atoms with E-state index in [4.69, 9.17) is 20.0 Å². The third-order valence-electron chi connectivity index (χ3n) is 7.36. The molecule has 0 unspecified atom stereocenters.